The predicted molar refractivity (Wildman–Crippen MR) is 102 cm³/mol. The Morgan fingerprint density at radius 2 is 2.08 bits per heavy atom. The molecule has 1 atom stereocenters. The molecule has 5 nitrogen and oxygen atoms in total. The molecule has 1 aromatic rings. The van der Waals surface area contributed by atoms with Gasteiger partial charge < -0.3 is 15.0 Å². The lowest BCUT2D eigenvalue weighted by Gasteiger charge is -2.35. The Hall–Kier alpha value is -1.59. The third kappa shape index (κ3) is 6.33. The summed E-state index contributed by atoms with van der Waals surface area (Å²) in [4.78, 5) is 17.0. The number of piperidine rings is 1. The van der Waals surface area contributed by atoms with E-state index in [1.807, 2.05) is 31.2 Å². The van der Waals surface area contributed by atoms with Crippen LogP contribution in [0.2, 0.25) is 0 Å². The molecule has 0 spiro atoms. The Morgan fingerprint density at radius 3 is 2.72 bits per heavy atom. The van der Waals surface area contributed by atoms with Gasteiger partial charge in [-0.15, -0.1) is 0 Å². The number of hydrogen-bond acceptors (Lipinski definition) is 4. The molecule has 1 heterocycles. The molecule has 25 heavy (non-hydrogen) atoms. The first-order chi connectivity index (χ1) is 12.0. The number of carbonyl (C=O) groups is 1. The Labute approximate surface area is 152 Å². The molecule has 1 saturated heterocycles. The first-order valence-electron chi connectivity index (χ1n) is 9.29. The van der Waals surface area contributed by atoms with Crippen LogP contribution < -0.4 is 10.1 Å². The number of nitrogens with zero attached hydrogens (tertiary/aromatic N) is 2. The normalized spacial score (nSPS) is 17.5. The standard InChI is InChI=1S/C20H33N3O2/c1-16(23-12-9-17(10-13-23)8-11-22(2)3)20(24)21-15-18-6-5-7-19(14-18)25-4/h5-7,14,16-17H,8-13,15H2,1-4H3,(H,21,24)/t16-/m1/s1. The summed E-state index contributed by atoms with van der Waals surface area (Å²) in [7, 11) is 5.91. The van der Waals surface area contributed by atoms with E-state index in [4.69, 9.17) is 4.74 Å². The number of nitrogens with one attached hydrogen (secondary N) is 1. The van der Waals surface area contributed by atoms with E-state index in [0.29, 0.717) is 6.54 Å². The molecular weight excluding hydrogens is 314 g/mol. The van der Waals surface area contributed by atoms with Crippen molar-refractivity contribution in [3.8, 4) is 5.75 Å². The summed E-state index contributed by atoms with van der Waals surface area (Å²) < 4.78 is 5.22. The zero-order chi connectivity index (χ0) is 18.2. The summed E-state index contributed by atoms with van der Waals surface area (Å²) >= 11 is 0. The lowest BCUT2D eigenvalue weighted by Crippen LogP contribution is -2.48. The summed E-state index contributed by atoms with van der Waals surface area (Å²) in [5, 5.41) is 3.06. The van der Waals surface area contributed by atoms with Gasteiger partial charge in [-0.05, 0) is 83.5 Å². The fourth-order valence-electron chi connectivity index (χ4n) is 3.35. The number of carbonyl (C=O) groups excluding carboxylic acids is 1. The molecule has 1 aliphatic rings. The Morgan fingerprint density at radius 1 is 1.36 bits per heavy atom. The number of ether oxygens (including phenoxy) is 1. The van der Waals surface area contributed by atoms with Crippen LogP contribution in [0.5, 0.6) is 5.75 Å². The lowest BCUT2D eigenvalue weighted by molar-refractivity contribution is -0.126. The molecule has 1 amide bonds. The van der Waals surface area contributed by atoms with Gasteiger partial charge in [0.05, 0.1) is 13.2 Å². The number of methoxy groups -OCH3 is 1. The minimum atomic E-state index is -0.0691. The fraction of sp³-hybridized carbons (Fsp3) is 0.650. The molecule has 5 heteroatoms. The van der Waals surface area contributed by atoms with Gasteiger partial charge in [-0.2, -0.15) is 0 Å². The van der Waals surface area contributed by atoms with Crippen molar-refractivity contribution < 1.29 is 9.53 Å². The molecule has 2 rings (SSSR count). The van der Waals surface area contributed by atoms with Crippen molar-refractivity contribution in [1.82, 2.24) is 15.1 Å². The van der Waals surface area contributed by atoms with E-state index in [1.165, 1.54) is 19.3 Å². The molecule has 0 bridgehead atoms. The van der Waals surface area contributed by atoms with Crippen molar-refractivity contribution in [2.24, 2.45) is 5.92 Å². The topological polar surface area (TPSA) is 44.8 Å². The van der Waals surface area contributed by atoms with E-state index in [9.17, 15) is 4.79 Å². The Bertz CT molecular complexity index is 539. The number of rotatable bonds is 8. The minimum absolute atomic E-state index is 0.0691. The largest absolute Gasteiger partial charge is 0.497 e. The maximum atomic E-state index is 12.5. The summed E-state index contributed by atoms with van der Waals surface area (Å²) in [5.74, 6) is 1.72. The lowest BCUT2D eigenvalue weighted by atomic mass is 9.92. The molecule has 1 aromatic carbocycles. The molecule has 0 radical (unpaired) electrons. The third-order valence-corrected chi connectivity index (χ3v) is 5.16. The van der Waals surface area contributed by atoms with E-state index in [-0.39, 0.29) is 11.9 Å². The van der Waals surface area contributed by atoms with E-state index in [0.717, 1.165) is 36.9 Å². The molecule has 0 saturated carbocycles. The quantitative estimate of drug-likeness (QED) is 0.784. The van der Waals surface area contributed by atoms with E-state index in [2.05, 4.69) is 29.2 Å². The number of amides is 1. The second-order valence-electron chi connectivity index (χ2n) is 7.32. The van der Waals surface area contributed by atoms with Gasteiger partial charge in [0.1, 0.15) is 5.75 Å². The van der Waals surface area contributed by atoms with Gasteiger partial charge in [-0.1, -0.05) is 12.1 Å². The fourth-order valence-corrected chi connectivity index (χ4v) is 3.35. The van der Waals surface area contributed by atoms with Crippen molar-refractivity contribution in [3.05, 3.63) is 29.8 Å². The van der Waals surface area contributed by atoms with Gasteiger partial charge in [0.25, 0.3) is 0 Å². The molecule has 1 aliphatic heterocycles. The van der Waals surface area contributed by atoms with Crippen LogP contribution in [0.25, 0.3) is 0 Å². The summed E-state index contributed by atoms with van der Waals surface area (Å²) in [6.45, 7) is 5.75. The maximum absolute atomic E-state index is 12.5. The Kier molecular flexibility index (Phi) is 7.72. The second-order valence-corrected chi connectivity index (χ2v) is 7.32. The van der Waals surface area contributed by atoms with Crippen LogP contribution in [0.3, 0.4) is 0 Å². The molecule has 1 N–H and O–H groups in total. The van der Waals surface area contributed by atoms with Crippen LogP contribution >= 0.6 is 0 Å². The summed E-state index contributed by atoms with van der Waals surface area (Å²) in [5.41, 5.74) is 1.06. The third-order valence-electron chi connectivity index (χ3n) is 5.16. The first-order valence-corrected chi connectivity index (χ1v) is 9.29. The molecule has 1 fully saturated rings. The summed E-state index contributed by atoms with van der Waals surface area (Å²) in [6, 6.07) is 7.75. The van der Waals surface area contributed by atoms with Gasteiger partial charge in [-0.3, -0.25) is 9.69 Å². The van der Waals surface area contributed by atoms with Crippen LogP contribution in [-0.4, -0.2) is 62.6 Å². The number of benzene rings is 1. The highest BCUT2D eigenvalue weighted by Gasteiger charge is 2.26. The van der Waals surface area contributed by atoms with Crippen molar-refractivity contribution in [2.45, 2.75) is 38.8 Å². The SMILES string of the molecule is COc1cccc(CNC(=O)[C@@H](C)N2CCC(CCN(C)C)CC2)c1. The highest BCUT2D eigenvalue weighted by molar-refractivity contribution is 5.81. The summed E-state index contributed by atoms with van der Waals surface area (Å²) in [6.07, 6.45) is 3.65. The number of likely N-dealkylation sites (tertiary alicyclic amines) is 1. The van der Waals surface area contributed by atoms with Crippen LogP contribution in [-0.2, 0) is 11.3 Å². The van der Waals surface area contributed by atoms with Crippen molar-refractivity contribution >= 4 is 5.91 Å². The van der Waals surface area contributed by atoms with Crippen molar-refractivity contribution in [1.29, 1.82) is 0 Å². The second kappa shape index (κ2) is 9.78. The van der Waals surface area contributed by atoms with Gasteiger partial charge in [0, 0.05) is 6.54 Å². The van der Waals surface area contributed by atoms with Crippen LogP contribution in [0.1, 0.15) is 31.7 Å². The predicted octanol–water partition coefficient (Wildman–Crippen LogP) is 2.36. The van der Waals surface area contributed by atoms with Gasteiger partial charge in [0.15, 0.2) is 0 Å². The van der Waals surface area contributed by atoms with Crippen molar-refractivity contribution in [2.75, 3.05) is 40.8 Å². The van der Waals surface area contributed by atoms with Crippen LogP contribution in [0.4, 0.5) is 0 Å². The van der Waals surface area contributed by atoms with Gasteiger partial charge in [0.2, 0.25) is 5.91 Å². The molecule has 0 unspecified atom stereocenters. The van der Waals surface area contributed by atoms with Gasteiger partial charge in [-0.25, -0.2) is 0 Å². The average molecular weight is 348 g/mol. The van der Waals surface area contributed by atoms with E-state index >= 15 is 0 Å². The van der Waals surface area contributed by atoms with Crippen LogP contribution in [0, 0.1) is 5.92 Å². The zero-order valence-corrected chi connectivity index (χ0v) is 16.1. The highest BCUT2D eigenvalue weighted by Crippen LogP contribution is 2.22. The average Bonchev–Trinajstić information content (AvgIpc) is 2.64. The highest BCUT2D eigenvalue weighted by atomic mass is 16.5. The van der Waals surface area contributed by atoms with E-state index < -0.39 is 0 Å². The monoisotopic (exact) mass is 347 g/mol. The first kappa shape index (κ1) is 19.7. The molecule has 140 valence electrons. The van der Waals surface area contributed by atoms with Crippen molar-refractivity contribution in [3.63, 3.8) is 0 Å². The van der Waals surface area contributed by atoms with E-state index in [1.54, 1.807) is 7.11 Å². The minimum Gasteiger partial charge on any atom is -0.497 e. The molecular formula is C20H33N3O2. The zero-order valence-electron chi connectivity index (χ0n) is 16.1. The number of hydrogen-bond donors (Lipinski definition) is 1. The molecule has 0 aliphatic carbocycles. The Balaban J connectivity index is 1.74. The maximum Gasteiger partial charge on any atom is 0.237 e. The smallest absolute Gasteiger partial charge is 0.237 e. The van der Waals surface area contributed by atoms with Gasteiger partial charge >= 0.3 is 0 Å². The molecule has 0 aromatic heterocycles. The van der Waals surface area contributed by atoms with Crippen LogP contribution in [0.15, 0.2) is 24.3 Å².